The lowest BCUT2D eigenvalue weighted by Gasteiger charge is -2.37. The van der Waals surface area contributed by atoms with Crippen molar-refractivity contribution < 1.29 is 18.0 Å². The highest BCUT2D eigenvalue weighted by Gasteiger charge is 2.38. The van der Waals surface area contributed by atoms with Crippen LogP contribution in [-0.4, -0.2) is 25.5 Å². The number of nitrogens with one attached hydrogen (secondary N) is 1. The van der Waals surface area contributed by atoms with Crippen LogP contribution in [0.2, 0.25) is 0 Å². The predicted molar refractivity (Wildman–Crippen MR) is 74.9 cm³/mol. The van der Waals surface area contributed by atoms with Crippen molar-refractivity contribution in [1.29, 1.82) is 0 Å². The molecule has 4 nitrogen and oxygen atoms in total. The van der Waals surface area contributed by atoms with Crippen LogP contribution in [0.25, 0.3) is 0 Å². The summed E-state index contributed by atoms with van der Waals surface area (Å²) >= 11 is 0. The van der Waals surface area contributed by atoms with Gasteiger partial charge >= 0.3 is 6.18 Å². The molecule has 2 rings (SSSR count). The van der Waals surface area contributed by atoms with Crippen molar-refractivity contribution in [3.05, 3.63) is 23.8 Å². The number of carbonyl (C=O) groups excluding carboxylic acids is 1. The molecule has 0 saturated carbocycles. The second kappa shape index (κ2) is 5.83. The van der Waals surface area contributed by atoms with Gasteiger partial charge in [-0.1, -0.05) is 0 Å². The lowest BCUT2D eigenvalue weighted by molar-refractivity contribution is -0.137. The number of nitrogens with zero attached hydrogens (tertiary/aromatic N) is 1. The minimum absolute atomic E-state index is 0.0185. The third kappa shape index (κ3) is 3.22. The van der Waals surface area contributed by atoms with Crippen molar-refractivity contribution in [3.63, 3.8) is 0 Å². The van der Waals surface area contributed by atoms with E-state index in [9.17, 15) is 18.0 Å². The summed E-state index contributed by atoms with van der Waals surface area (Å²) in [5.74, 6) is -0.264. The standard InChI is InChI=1S/C14H18F3N3O/c1-19-13(21)12-4-2-3-7-20(12)11-6-5-9(18)8-10(11)14(15,16)17/h5-6,8,12H,2-4,7,18H2,1H3,(H,19,21). The number of hydrogen-bond donors (Lipinski definition) is 2. The largest absolute Gasteiger partial charge is 0.418 e. The summed E-state index contributed by atoms with van der Waals surface area (Å²) in [7, 11) is 1.49. The van der Waals surface area contributed by atoms with E-state index >= 15 is 0 Å². The number of piperidine rings is 1. The summed E-state index contributed by atoms with van der Waals surface area (Å²) in [5, 5.41) is 2.52. The molecule has 0 bridgehead atoms. The lowest BCUT2D eigenvalue weighted by Crippen LogP contribution is -2.49. The van der Waals surface area contributed by atoms with Crippen LogP contribution in [0.4, 0.5) is 24.5 Å². The number of benzene rings is 1. The molecule has 0 aromatic heterocycles. The van der Waals surface area contributed by atoms with Crippen LogP contribution in [0.1, 0.15) is 24.8 Å². The van der Waals surface area contributed by atoms with Crippen molar-refractivity contribution in [2.75, 3.05) is 24.2 Å². The maximum Gasteiger partial charge on any atom is 0.418 e. The molecule has 0 spiro atoms. The Hall–Kier alpha value is -1.92. The van der Waals surface area contributed by atoms with E-state index in [2.05, 4.69) is 5.32 Å². The second-order valence-corrected chi connectivity index (χ2v) is 5.09. The van der Waals surface area contributed by atoms with Gasteiger partial charge in [-0.2, -0.15) is 13.2 Å². The Balaban J connectivity index is 2.46. The molecule has 21 heavy (non-hydrogen) atoms. The van der Waals surface area contributed by atoms with Gasteiger partial charge in [0.1, 0.15) is 6.04 Å². The van der Waals surface area contributed by atoms with Gasteiger partial charge in [0, 0.05) is 25.0 Å². The minimum Gasteiger partial charge on any atom is -0.399 e. The van der Waals surface area contributed by atoms with Gasteiger partial charge in [0.2, 0.25) is 5.91 Å². The molecule has 1 aromatic carbocycles. The van der Waals surface area contributed by atoms with Crippen LogP contribution in [0.3, 0.4) is 0 Å². The third-order valence-corrected chi connectivity index (χ3v) is 3.69. The fourth-order valence-corrected chi connectivity index (χ4v) is 2.69. The number of hydrogen-bond acceptors (Lipinski definition) is 3. The Morgan fingerprint density at radius 3 is 2.71 bits per heavy atom. The number of carbonyl (C=O) groups is 1. The zero-order chi connectivity index (χ0) is 15.6. The molecule has 3 N–H and O–H groups in total. The number of halogens is 3. The maximum absolute atomic E-state index is 13.2. The average molecular weight is 301 g/mol. The topological polar surface area (TPSA) is 58.4 Å². The molecule has 1 amide bonds. The predicted octanol–water partition coefficient (Wildman–Crippen LogP) is 2.39. The molecule has 1 aliphatic heterocycles. The van der Waals surface area contributed by atoms with E-state index in [0.29, 0.717) is 13.0 Å². The molecule has 0 aliphatic carbocycles. The number of rotatable bonds is 2. The normalized spacial score (nSPS) is 19.4. The molecule has 1 heterocycles. The van der Waals surface area contributed by atoms with Crippen LogP contribution < -0.4 is 16.0 Å². The summed E-state index contributed by atoms with van der Waals surface area (Å²) in [4.78, 5) is 13.5. The molecule has 1 fully saturated rings. The first-order chi connectivity index (χ1) is 9.84. The Bertz CT molecular complexity index is 531. The van der Waals surface area contributed by atoms with Gasteiger partial charge in [-0.25, -0.2) is 0 Å². The van der Waals surface area contributed by atoms with Gasteiger partial charge in [0.25, 0.3) is 0 Å². The molecule has 0 radical (unpaired) electrons. The molecule has 1 atom stereocenters. The smallest absolute Gasteiger partial charge is 0.399 e. The van der Waals surface area contributed by atoms with Crippen molar-refractivity contribution >= 4 is 17.3 Å². The van der Waals surface area contributed by atoms with Gasteiger partial charge in [0.15, 0.2) is 0 Å². The number of nitrogen functional groups attached to an aromatic ring is 1. The molecular weight excluding hydrogens is 283 g/mol. The van der Waals surface area contributed by atoms with E-state index < -0.39 is 17.8 Å². The van der Waals surface area contributed by atoms with Crippen LogP contribution in [-0.2, 0) is 11.0 Å². The molecule has 1 aromatic rings. The van der Waals surface area contributed by atoms with Gasteiger partial charge < -0.3 is 16.0 Å². The highest BCUT2D eigenvalue weighted by atomic mass is 19.4. The number of likely N-dealkylation sites (N-methyl/N-ethyl adjacent to an activating group) is 1. The number of alkyl halides is 3. The average Bonchev–Trinajstić information content (AvgIpc) is 2.45. The molecule has 1 aliphatic rings. The minimum atomic E-state index is -4.50. The van der Waals surface area contributed by atoms with E-state index in [1.807, 2.05) is 0 Å². The van der Waals surface area contributed by atoms with Gasteiger partial charge in [-0.05, 0) is 37.5 Å². The Kier molecular flexibility index (Phi) is 4.29. The molecule has 1 unspecified atom stereocenters. The van der Waals surface area contributed by atoms with Crippen molar-refractivity contribution in [1.82, 2.24) is 5.32 Å². The fourth-order valence-electron chi connectivity index (χ4n) is 2.69. The summed E-state index contributed by atoms with van der Waals surface area (Å²) in [6.07, 6.45) is -2.38. The maximum atomic E-state index is 13.2. The van der Waals surface area contributed by atoms with Crippen LogP contribution in [0.15, 0.2) is 18.2 Å². The number of nitrogens with two attached hydrogens (primary N) is 1. The van der Waals surface area contributed by atoms with Gasteiger partial charge in [-0.15, -0.1) is 0 Å². The highest BCUT2D eigenvalue weighted by molar-refractivity contribution is 5.85. The van der Waals surface area contributed by atoms with Crippen molar-refractivity contribution in [2.45, 2.75) is 31.5 Å². The zero-order valence-corrected chi connectivity index (χ0v) is 11.7. The number of anilines is 2. The van der Waals surface area contributed by atoms with E-state index in [4.69, 9.17) is 5.73 Å². The van der Waals surface area contributed by atoms with Crippen LogP contribution in [0.5, 0.6) is 0 Å². The molecule has 116 valence electrons. The zero-order valence-electron chi connectivity index (χ0n) is 11.7. The van der Waals surface area contributed by atoms with E-state index in [1.165, 1.54) is 24.1 Å². The van der Waals surface area contributed by atoms with Crippen LogP contribution >= 0.6 is 0 Å². The van der Waals surface area contributed by atoms with Crippen LogP contribution in [0, 0.1) is 0 Å². The first kappa shape index (κ1) is 15.5. The Morgan fingerprint density at radius 2 is 2.10 bits per heavy atom. The third-order valence-electron chi connectivity index (χ3n) is 3.69. The summed E-state index contributed by atoms with van der Waals surface area (Å²) in [6.45, 7) is 0.422. The quantitative estimate of drug-likeness (QED) is 0.825. The van der Waals surface area contributed by atoms with E-state index in [0.717, 1.165) is 18.9 Å². The van der Waals surface area contributed by atoms with Crippen molar-refractivity contribution in [2.24, 2.45) is 0 Å². The molecule has 7 heteroatoms. The summed E-state index contributed by atoms with van der Waals surface area (Å²) in [5.41, 5.74) is 4.76. The van der Waals surface area contributed by atoms with E-state index in [1.54, 1.807) is 0 Å². The summed E-state index contributed by atoms with van der Waals surface area (Å²) in [6, 6.07) is 3.12. The van der Waals surface area contributed by atoms with Gasteiger partial charge in [-0.3, -0.25) is 4.79 Å². The molecule has 1 saturated heterocycles. The van der Waals surface area contributed by atoms with E-state index in [-0.39, 0.29) is 17.3 Å². The summed E-state index contributed by atoms with van der Waals surface area (Å²) < 4.78 is 39.6. The number of amides is 1. The first-order valence-corrected chi connectivity index (χ1v) is 6.79. The second-order valence-electron chi connectivity index (χ2n) is 5.09. The van der Waals surface area contributed by atoms with Crippen molar-refractivity contribution in [3.8, 4) is 0 Å². The molecular formula is C14H18F3N3O. The monoisotopic (exact) mass is 301 g/mol. The Labute approximate surface area is 121 Å². The SMILES string of the molecule is CNC(=O)C1CCCCN1c1ccc(N)cc1C(F)(F)F. The first-order valence-electron chi connectivity index (χ1n) is 6.79. The fraction of sp³-hybridized carbons (Fsp3) is 0.500. The lowest BCUT2D eigenvalue weighted by atomic mass is 9.98. The van der Waals surface area contributed by atoms with Gasteiger partial charge in [0.05, 0.1) is 5.56 Å². The Morgan fingerprint density at radius 1 is 1.38 bits per heavy atom. The highest BCUT2D eigenvalue weighted by Crippen LogP contribution is 2.39.